The van der Waals surface area contributed by atoms with Crippen LogP contribution in [0.5, 0.6) is 0 Å². The van der Waals surface area contributed by atoms with Gasteiger partial charge < -0.3 is 14.5 Å². The third-order valence-corrected chi connectivity index (χ3v) is 7.08. The number of nitrogens with one attached hydrogen (secondary N) is 1. The zero-order valence-electron chi connectivity index (χ0n) is 15.9. The van der Waals surface area contributed by atoms with E-state index in [2.05, 4.69) is 35.0 Å². The molecule has 4 nitrogen and oxygen atoms in total. The summed E-state index contributed by atoms with van der Waals surface area (Å²) in [5.74, 6) is 1.05. The molecule has 1 aromatic carbocycles. The molecule has 3 heterocycles. The summed E-state index contributed by atoms with van der Waals surface area (Å²) in [6.07, 6.45) is 7.94. The lowest BCUT2D eigenvalue weighted by molar-refractivity contribution is 0.581. The Balaban J connectivity index is 1.70. The summed E-state index contributed by atoms with van der Waals surface area (Å²) in [7, 11) is 1.84. The van der Waals surface area contributed by atoms with Gasteiger partial charge in [0.05, 0.1) is 0 Å². The van der Waals surface area contributed by atoms with E-state index in [-0.39, 0.29) is 5.56 Å². The number of benzene rings is 1. The van der Waals surface area contributed by atoms with Crippen molar-refractivity contribution in [1.29, 1.82) is 0 Å². The minimum absolute atomic E-state index is 0.0255. The number of H-pyrrole nitrogens is 1. The predicted molar refractivity (Wildman–Crippen MR) is 114 cm³/mol. The number of hydrogen-bond acceptors (Lipinski definition) is 3. The summed E-state index contributed by atoms with van der Waals surface area (Å²) >= 11 is 1.87. The fourth-order valence-corrected chi connectivity index (χ4v) is 5.17. The fraction of sp³-hybridized carbons (Fsp3) is 0.409. The highest BCUT2D eigenvalue weighted by Crippen LogP contribution is 2.54. The molecule has 27 heavy (non-hydrogen) atoms. The molecule has 3 aromatic rings. The number of thioether (sulfide) groups is 1. The Kier molecular flexibility index (Phi) is 3.90. The Labute approximate surface area is 163 Å². The zero-order chi connectivity index (χ0) is 18.6. The van der Waals surface area contributed by atoms with E-state index in [1.807, 2.05) is 37.3 Å². The van der Waals surface area contributed by atoms with Gasteiger partial charge in [-0.3, -0.25) is 4.79 Å². The van der Waals surface area contributed by atoms with Crippen molar-refractivity contribution in [2.45, 2.75) is 31.1 Å². The molecular formula is C22H25N3OS. The van der Waals surface area contributed by atoms with E-state index < -0.39 is 0 Å². The first-order chi connectivity index (χ1) is 13.1. The highest BCUT2D eigenvalue weighted by atomic mass is 32.2. The van der Waals surface area contributed by atoms with Crippen LogP contribution in [0.15, 0.2) is 46.3 Å². The number of nitrogens with zero attached hydrogens (tertiary/aromatic N) is 2. The van der Waals surface area contributed by atoms with Gasteiger partial charge in [0.25, 0.3) is 5.56 Å². The van der Waals surface area contributed by atoms with Gasteiger partial charge in [-0.1, -0.05) is 6.92 Å². The zero-order valence-corrected chi connectivity index (χ0v) is 16.7. The maximum atomic E-state index is 12.5. The second-order valence-corrected chi connectivity index (χ2v) is 9.35. The van der Waals surface area contributed by atoms with Crippen molar-refractivity contribution in [3.05, 3.63) is 47.0 Å². The molecule has 5 heteroatoms. The van der Waals surface area contributed by atoms with E-state index in [4.69, 9.17) is 0 Å². The van der Waals surface area contributed by atoms with Crippen LogP contribution in [0.3, 0.4) is 0 Å². The number of pyridine rings is 1. The van der Waals surface area contributed by atoms with Crippen molar-refractivity contribution in [3.63, 3.8) is 0 Å². The fourth-order valence-electron chi connectivity index (χ4n) is 4.47. The topological polar surface area (TPSA) is 41.0 Å². The maximum Gasteiger partial charge on any atom is 0.274 e. The Hall–Kier alpha value is -2.14. The molecule has 0 unspecified atom stereocenters. The van der Waals surface area contributed by atoms with Crippen LogP contribution in [0.4, 0.5) is 5.69 Å². The van der Waals surface area contributed by atoms with Gasteiger partial charge in [-0.15, -0.1) is 11.8 Å². The first kappa shape index (κ1) is 17.0. The smallest absolute Gasteiger partial charge is 0.274 e. The Morgan fingerprint density at radius 3 is 2.78 bits per heavy atom. The summed E-state index contributed by atoms with van der Waals surface area (Å²) in [4.78, 5) is 19.5. The normalized spacial score (nSPS) is 17.9. The molecule has 0 radical (unpaired) electrons. The highest BCUT2D eigenvalue weighted by Gasteiger charge is 2.48. The first-order valence-electron chi connectivity index (χ1n) is 9.79. The van der Waals surface area contributed by atoms with Crippen LogP contribution in [0.25, 0.3) is 22.0 Å². The van der Waals surface area contributed by atoms with Gasteiger partial charge >= 0.3 is 0 Å². The monoisotopic (exact) mass is 379 g/mol. The molecule has 0 atom stereocenters. The number of rotatable bonds is 4. The first-order valence-corrected chi connectivity index (χ1v) is 10.8. The predicted octanol–water partition coefficient (Wildman–Crippen LogP) is 4.64. The molecule has 0 amide bonds. The molecule has 140 valence electrons. The second kappa shape index (κ2) is 6.20. The van der Waals surface area contributed by atoms with Crippen LogP contribution in [0.2, 0.25) is 0 Å². The van der Waals surface area contributed by atoms with Gasteiger partial charge in [0.1, 0.15) is 5.52 Å². The summed E-state index contributed by atoms with van der Waals surface area (Å²) in [5, 5.41) is 1.01. The standard InChI is InChI=1S/C22H25N3OS/c1-3-27-15-4-5-19(25-11-9-22(14-25)7-8-22)17(12-15)18-13-24(2)21(26)20-16(18)6-10-23-20/h4-6,10,12-13,23H,3,7-9,11,14H2,1-2H3. The molecule has 1 saturated carbocycles. The van der Waals surface area contributed by atoms with E-state index >= 15 is 0 Å². The molecule has 1 spiro atoms. The molecule has 5 rings (SSSR count). The van der Waals surface area contributed by atoms with Crippen LogP contribution in [0.1, 0.15) is 26.2 Å². The van der Waals surface area contributed by atoms with Crippen molar-refractivity contribution in [1.82, 2.24) is 9.55 Å². The Morgan fingerprint density at radius 2 is 2.04 bits per heavy atom. The van der Waals surface area contributed by atoms with E-state index in [1.165, 1.54) is 42.0 Å². The van der Waals surface area contributed by atoms with Crippen LogP contribution in [-0.2, 0) is 7.05 Å². The van der Waals surface area contributed by atoms with Crippen LogP contribution >= 0.6 is 11.8 Å². The van der Waals surface area contributed by atoms with Gasteiger partial charge in [-0.05, 0) is 54.7 Å². The van der Waals surface area contributed by atoms with Gasteiger partial charge in [0.2, 0.25) is 0 Å². The average molecular weight is 380 g/mol. The molecule has 1 N–H and O–H groups in total. The average Bonchev–Trinajstić information content (AvgIpc) is 3.06. The number of anilines is 1. The molecule has 1 saturated heterocycles. The van der Waals surface area contributed by atoms with Gasteiger partial charge in [0, 0.05) is 59.6 Å². The van der Waals surface area contributed by atoms with Crippen molar-refractivity contribution in [3.8, 4) is 11.1 Å². The molecule has 0 bridgehead atoms. The third-order valence-electron chi connectivity index (χ3n) is 6.20. The van der Waals surface area contributed by atoms with Gasteiger partial charge in [0.15, 0.2) is 0 Å². The number of aromatic amines is 1. The molecule has 2 aromatic heterocycles. The number of aromatic nitrogens is 2. The maximum absolute atomic E-state index is 12.5. The van der Waals surface area contributed by atoms with Crippen LogP contribution < -0.4 is 10.5 Å². The van der Waals surface area contributed by atoms with E-state index in [0.29, 0.717) is 10.9 Å². The van der Waals surface area contributed by atoms with E-state index in [0.717, 1.165) is 23.2 Å². The second-order valence-electron chi connectivity index (χ2n) is 8.01. The van der Waals surface area contributed by atoms with Crippen molar-refractivity contribution in [2.24, 2.45) is 12.5 Å². The molecule has 2 fully saturated rings. The lowest BCUT2D eigenvalue weighted by atomic mass is 10.0. The summed E-state index contributed by atoms with van der Waals surface area (Å²) in [5.41, 5.74) is 4.98. The number of aryl methyl sites for hydroxylation is 1. The van der Waals surface area contributed by atoms with E-state index in [9.17, 15) is 4.79 Å². The molecular weight excluding hydrogens is 354 g/mol. The minimum atomic E-state index is 0.0255. The SMILES string of the molecule is CCSc1ccc(N2CCC3(CC3)C2)c(-c2cn(C)c(=O)c3[nH]ccc23)c1. The van der Waals surface area contributed by atoms with Crippen molar-refractivity contribution < 1.29 is 0 Å². The van der Waals surface area contributed by atoms with Crippen LogP contribution in [0, 0.1) is 5.41 Å². The van der Waals surface area contributed by atoms with Crippen molar-refractivity contribution >= 4 is 28.4 Å². The summed E-state index contributed by atoms with van der Waals surface area (Å²) in [6.45, 7) is 4.49. The molecule has 1 aliphatic heterocycles. The quantitative estimate of drug-likeness (QED) is 0.672. The Morgan fingerprint density at radius 1 is 1.19 bits per heavy atom. The minimum Gasteiger partial charge on any atom is -0.370 e. The number of fused-ring (bicyclic) bond motifs is 1. The number of hydrogen-bond donors (Lipinski definition) is 1. The van der Waals surface area contributed by atoms with Gasteiger partial charge in [-0.2, -0.15) is 0 Å². The lowest BCUT2D eigenvalue weighted by Gasteiger charge is -2.23. The van der Waals surface area contributed by atoms with Crippen molar-refractivity contribution in [2.75, 3.05) is 23.7 Å². The Bertz CT molecular complexity index is 1080. The van der Waals surface area contributed by atoms with E-state index in [1.54, 1.807) is 4.57 Å². The highest BCUT2D eigenvalue weighted by molar-refractivity contribution is 7.99. The summed E-state index contributed by atoms with van der Waals surface area (Å²) in [6, 6.07) is 8.88. The molecule has 1 aliphatic carbocycles. The largest absolute Gasteiger partial charge is 0.370 e. The third kappa shape index (κ3) is 2.80. The summed E-state index contributed by atoms with van der Waals surface area (Å²) < 4.78 is 1.70. The lowest BCUT2D eigenvalue weighted by Crippen LogP contribution is -2.21. The van der Waals surface area contributed by atoms with Crippen LogP contribution in [-0.4, -0.2) is 28.4 Å². The van der Waals surface area contributed by atoms with Gasteiger partial charge in [-0.25, -0.2) is 0 Å². The molecule has 2 aliphatic rings.